The molecule has 0 saturated carbocycles. The van der Waals surface area contributed by atoms with Gasteiger partial charge in [0.15, 0.2) is 34.6 Å². The maximum absolute atomic E-state index is 13.7. The zero-order valence-corrected chi connectivity index (χ0v) is 39.7. The molecule has 0 aliphatic heterocycles. The van der Waals surface area contributed by atoms with E-state index in [1.54, 1.807) is 24.3 Å². The Hall–Kier alpha value is -7.64. The van der Waals surface area contributed by atoms with Gasteiger partial charge in [-0.3, -0.25) is 9.59 Å². The Labute approximate surface area is 416 Å². The molecule has 0 bridgehead atoms. The van der Waals surface area contributed by atoms with Gasteiger partial charge >= 0.3 is 24.3 Å². The fourth-order valence-corrected chi connectivity index (χ4v) is 6.94. The first-order valence-corrected chi connectivity index (χ1v) is 22.7. The number of ketones is 2. The number of carbonyl (C=O) groups excluding carboxylic acids is 4. The van der Waals surface area contributed by atoms with Crippen LogP contribution in [-0.4, -0.2) is 85.2 Å². The first-order chi connectivity index (χ1) is 34.6. The van der Waals surface area contributed by atoms with Gasteiger partial charge in [0.1, 0.15) is 23.2 Å². The van der Waals surface area contributed by atoms with E-state index in [1.807, 2.05) is 0 Å². The number of alkyl halides is 6. The molecule has 0 radical (unpaired) electrons. The van der Waals surface area contributed by atoms with Crippen LogP contribution in [0.25, 0.3) is 12.2 Å². The molecule has 0 amide bonds. The number of anilines is 1. The molecular weight excluding hydrogens is 969 g/mol. The molecule has 73 heavy (non-hydrogen) atoms. The number of rotatable bonds is 26. The first-order valence-electron chi connectivity index (χ1n) is 22.7. The average Bonchev–Trinajstić information content (AvgIpc) is 3.35. The number of hydrogen-bond donors (Lipinski definition) is 3. The normalized spacial score (nSPS) is 13.0. The van der Waals surface area contributed by atoms with Crippen molar-refractivity contribution >= 4 is 41.3 Å². The fourth-order valence-electron chi connectivity index (χ4n) is 6.94. The predicted molar refractivity (Wildman–Crippen MR) is 258 cm³/mol. The molecule has 5 rings (SSSR count). The van der Waals surface area contributed by atoms with E-state index in [2.05, 4.69) is 0 Å². The molecule has 0 aliphatic rings. The third-order valence-corrected chi connectivity index (χ3v) is 10.9. The van der Waals surface area contributed by atoms with Crippen LogP contribution < -0.4 is 34.2 Å². The van der Waals surface area contributed by atoms with E-state index < -0.39 is 66.8 Å². The number of carbonyl (C=O) groups is 4. The summed E-state index contributed by atoms with van der Waals surface area (Å²) >= 11 is 0. The molecule has 0 aromatic heterocycles. The molecule has 388 valence electrons. The van der Waals surface area contributed by atoms with Crippen molar-refractivity contribution in [2.45, 2.75) is 75.4 Å². The van der Waals surface area contributed by atoms with Gasteiger partial charge in [-0.2, -0.15) is 26.3 Å². The zero-order chi connectivity index (χ0) is 53.2. The maximum Gasteiger partial charge on any atom is 0.389 e. The first kappa shape index (κ1) is 56.3. The number of methoxy groups -OCH3 is 2. The number of esters is 2. The van der Waals surface area contributed by atoms with Crippen LogP contribution in [0.2, 0.25) is 0 Å². The van der Waals surface area contributed by atoms with Crippen molar-refractivity contribution in [1.82, 2.24) is 0 Å². The van der Waals surface area contributed by atoms with E-state index in [0.717, 1.165) is 12.2 Å². The summed E-state index contributed by atoms with van der Waals surface area (Å²) in [7, 11) is 2.69. The molecule has 0 spiro atoms. The molecule has 2 atom stereocenters. The number of halogens is 6. The van der Waals surface area contributed by atoms with Crippen LogP contribution in [-0.2, 0) is 16.0 Å². The van der Waals surface area contributed by atoms with Crippen molar-refractivity contribution in [2.24, 2.45) is 0 Å². The highest BCUT2D eigenvalue weighted by molar-refractivity contribution is 6.02. The van der Waals surface area contributed by atoms with E-state index in [9.17, 15) is 55.7 Å². The van der Waals surface area contributed by atoms with Crippen LogP contribution in [0.1, 0.15) is 82.4 Å². The van der Waals surface area contributed by atoms with Crippen LogP contribution in [0, 0.1) is 0 Å². The Bertz CT molecular complexity index is 2700. The van der Waals surface area contributed by atoms with Gasteiger partial charge in [0.25, 0.3) is 0 Å². The number of unbranched alkanes of at least 4 members (excludes halogenated alkanes) is 2. The summed E-state index contributed by atoms with van der Waals surface area (Å²) in [5, 5.41) is 22.9. The Balaban J connectivity index is 1.17. The highest BCUT2D eigenvalue weighted by Crippen LogP contribution is 2.32. The van der Waals surface area contributed by atoms with Crippen LogP contribution in [0.4, 0.5) is 32.0 Å². The lowest BCUT2D eigenvalue weighted by molar-refractivity contribution is -0.138. The monoisotopic (exact) mass is 1020 g/mol. The third kappa shape index (κ3) is 18.5. The number of nitrogen functional groups attached to an aromatic ring is 1. The molecule has 5 aromatic carbocycles. The van der Waals surface area contributed by atoms with Gasteiger partial charge in [-0.1, -0.05) is 48.6 Å². The SMILES string of the molecule is COc1cc(C(=O)Oc2ccc(/C=C/C(=O)C(O)CC(O)(Cc3ccc(N)cc3)C(=O)/C=C/c3ccc(OC(=O)c4ccc(OCCCCC(F)(F)F)c(OC)c4)cc3)cc2)ccc1OCCCCC(F)(F)F. The van der Waals surface area contributed by atoms with Gasteiger partial charge in [0.05, 0.1) is 38.6 Å². The second-order valence-electron chi connectivity index (χ2n) is 16.6. The molecule has 0 heterocycles. The number of benzene rings is 5. The smallest absolute Gasteiger partial charge is 0.389 e. The summed E-state index contributed by atoms with van der Waals surface area (Å²) in [5.41, 5.74) is 5.60. The number of aliphatic hydroxyl groups is 2. The van der Waals surface area contributed by atoms with E-state index in [0.29, 0.717) is 22.4 Å². The van der Waals surface area contributed by atoms with E-state index in [-0.39, 0.29) is 90.9 Å². The van der Waals surface area contributed by atoms with Crippen LogP contribution >= 0.6 is 0 Å². The van der Waals surface area contributed by atoms with E-state index in [4.69, 9.17) is 34.2 Å². The standard InChI is InChI=1S/C54H53F6NO12/c1-68-47-31-38(15-24-45(47)70-29-5-3-27-53(55,56)57)50(65)72-41-19-9-35(10-20-41)13-23-43(62)44(63)34-52(67,33-37-7-17-40(61)18-8-37)49(64)26-14-36-11-21-42(22-12-36)73-51(66)39-16-25-46(48(32-39)69-2)71-30-6-4-28-54(58,59)60/h7-26,31-32,44,63,67H,3-6,27-30,33-34,61H2,1-2H3/b23-13+,26-14+. The second kappa shape index (κ2) is 26.2. The van der Waals surface area contributed by atoms with Crippen molar-refractivity contribution in [1.29, 1.82) is 0 Å². The van der Waals surface area contributed by atoms with Crippen molar-refractivity contribution < 1.29 is 84.2 Å². The lowest BCUT2D eigenvalue weighted by Gasteiger charge is -2.27. The molecule has 0 saturated heterocycles. The number of ether oxygens (including phenoxy) is 6. The van der Waals surface area contributed by atoms with E-state index in [1.165, 1.54) is 111 Å². The average molecular weight is 1020 g/mol. The highest BCUT2D eigenvalue weighted by Gasteiger charge is 2.38. The largest absolute Gasteiger partial charge is 0.493 e. The second-order valence-corrected chi connectivity index (χ2v) is 16.6. The van der Waals surface area contributed by atoms with Gasteiger partial charge in [-0.05, 0) is 127 Å². The van der Waals surface area contributed by atoms with Crippen LogP contribution in [0.5, 0.6) is 34.5 Å². The number of aliphatic hydroxyl groups excluding tert-OH is 1. The summed E-state index contributed by atoms with van der Waals surface area (Å²) < 4.78 is 107. The Morgan fingerprint density at radius 3 is 1.45 bits per heavy atom. The molecule has 0 fully saturated rings. The number of nitrogens with two attached hydrogens (primary N) is 1. The van der Waals surface area contributed by atoms with Gasteiger partial charge in [-0.25, -0.2) is 9.59 Å². The summed E-state index contributed by atoms with van der Waals surface area (Å²) in [6.07, 6.45) is -8.09. The zero-order valence-electron chi connectivity index (χ0n) is 39.7. The van der Waals surface area contributed by atoms with Crippen molar-refractivity contribution in [2.75, 3.05) is 33.2 Å². The van der Waals surface area contributed by atoms with E-state index >= 15 is 0 Å². The quantitative estimate of drug-likeness (QED) is 0.0119. The molecule has 5 aromatic rings. The van der Waals surface area contributed by atoms with Gasteiger partial charge < -0.3 is 44.4 Å². The molecule has 0 aliphatic carbocycles. The predicted octanol–water partition coefficient (Wildman–Crippen LogP) is 10.5. The molecule has 4 N–H and O–H groups in total. The number of hydrogen-bond acceptors (Lipinski definition) is 13. The van der Waals surface area contributed by atoms with Crippen molar-refractivity contribution in [3.63, 3.8) is 0 Å². The topological polar surface area (TPSA) is 190 Å². The van der Waals surface area contributed by atoms with Gasteiger partial charge in [0.2, 0.25) is 0 Å². The molecular formula is C54H53F6NO12. The Morgan fingerprint density at radius 1 is 0.589 bits per heavy atom. The third-order valence-electron chi connectivity index (χ3n) is 10.9. The lowest BCUT2D eigenvalue weighted by atomic mass is 9.83. The fraction of sp³-hybridized carbons (Fsp3) is 0.296. The van der Waals surface area contributed by atoms with Crippen LogP contribution in [0.3, 0.4) is 0 Å². The maximum atomic E-state index is 13.7. The lowest BCUT2D eigenvalue weighted by Crippen LogP contribution is -2.44. The molecule has 2 unspecified atom stereocenters. The Kier molecular flexibility index (Phi) is 20.2. The summed E-state index contributed by atoms with van der Waals surface area (Å²) in [6.45, 7) is 0.0234. The highest BCUT2D eigenvalue weighted by atomic mass is 19.4. The Morgan fingerprint density at radius 2 is 1.03 bits per heavy atom. The van der Waals surface area contributed by atoms with Crippen molar-refractivity contribution in [3.05, 3.63) is 149 Å². The van der Waals surface area contributed by atoms with Crippen LogP contribution in [0.15, 0.2) is 121 Å². The molecule has 13 nitrogen and oxygen atoms in total. The summed E-state index contributed by atoms with van der Waals surface area (Å²) in [6, 6.07) is 26.8. The minimum atomic E-state index is -4.25. The minimum absolute atomic E-state index is 0.0108. The molecule has 19 heteroatoms. The summed E-state index contributed by atoms with van der Waals surface area (Å²) in [5.74, 6) is -2.04. The van der Waals surface area contributed by atoms with Gasteiger partial charge in [-0.15, -0.1) is 0 Å². The van der Waals surface area contributed by atoms with Crippen molar-refractivity contribution in [3.8, 4) is 34.5 Å². The minimum Gasteiger partial charge on any atom is -0.493 e. The summed E-state index contributed by atoms with van der Waals surface area (Å²) in [4.78, 5) is 52.8. The van der Waals surface area contributed by atoms with Gasteiger partial charge in [0, 0.05) is 31.4 Å².